The lowest BCUT2D eigenvalue weighted by Crippen LogP contribution is -2.27. The largest absolute Gasteiger partial charge is 0.493 e. The fourth-order valence-corrected chi connectivity index (χ4v) is 3.87. The first-order valence-corrected chi connectivity index (χ1v) is 11.0. The van der Waals surface area contributed by atoms with Gasteiger partial charge in [0.2, 0.25) is 5.91 Å². The summed E-state index contributed by atoms with van der Waals surface area (Å²) in [6, 6.07) is 12.7. The van der Waals surface area contributed by atoms with E-state index in [0.29, 0.717) is 18.1 Å². The summed E-state index contributed by atoms with van der Waals surface area (Å²) < 4.78 is 36.2. The average molecular weight is 463 g/mol. The highest BCUT2D eigenvalue weighted by atomic mass is 32.2. The van der Waals surface area contributed by atoms with E-state index in [2.05, 4.69) is 33.2 Å². The van der Waals surface area contributed by atoms with Gasteiger partial charge in [-0.3, -0.25) is 9.36 Å². The number of carbonyl (C=O) groups excluding carboxylic acids is 1. The molecule has 10 heteroatoms. The second-order valence-corrected chi connectivity index (χ2v) is 7.66. The number of nitrogens with one attached hydrogen (secondary N) is 1. The van der Waals surface area contributed by atoms with Crippen molar-refractivity contribution >= 4 is 17.7 Å². The summed E-state index contributed by atoms with van der Waals surface area (Å²) in [5.74, 6) is 0.243. The maximum Gasteiger partial charge on any atom is 0.387 e. The molecule has 1 N–H and O–H groups in total. The van der Waals surface area contributed by atoms with Gasteiger partial charge in [-0.25, -0.2) is 0 Å². The van der Waals surface area contributed by atoms with Crippen LogP contribution in [0.5, 0.6) is 11.5 Å². The number of hydrogen-bond donors (Lipinski definition) is 1. The molecule has 0 bridgehead atoms. The molecule has 0 aliphatic heterocycles. The van der Waals surface area contributed by atoms with Crippen molar-refractivity contribution in [3.8, 4) is 17.2 Å². The van der Waals surface area contributed by atoms with Gasteiger partial charge < -0.3 is 14.8 Å². The molecule has 32 heavy (non-hydrogen) atoms. The average Bonchev–Trinajstić information content (AvgIpc) is 3.26. The molecule has 0 fully saturated rings. The molecule has 2 aromatic carbocycles. The molecule has 0 aliphatic rings. The Labute approximate surface area is 189 Å². The molecular weight excluding hydrogens is 438 g/mol. The molecule has 1 heterocycles. The van der Waals surface area contributed by atoms with Gasteiger partial charge in [0, 0.05) is 6.54 Å². The molecule has 7 nitrogen and oxygen atoms in total. The minimum absolute atomic E-state index is 0.0274. The minimum atomic E-state index is -2.92. The van der Waals surface area contributed by atoms with Gasteiger partial charge in [0.05, 0.1) is 18.6 Å². The van der Waals surface area contributed by atoms with Gasteiger partial charge in [-0.2, -0.15) is 8.78 Å². The van der Waals surface area contributed by atoms with Crippen LogP contribution in [0.1, 0.15) is 18.1 Å². The fourth-order valence-electron chi connectivity index (χ4n) is 3.12. The summed E-state index contributed by atoms with van der Waals surface area (Å²) in [5.41, 5.74) is 2.99. The third-order valence-corrected chi connectivity index (χ3v) is 5.60. The van der Waals surface area contributed by atoms with Gasteiger partial charge >= 0.3 is 6.61 Å². The zero-order chi connectivity index (χ0) is 22.9. The maximum atomic E-state index is 12.4. The van der Waals surface area contributed by atoms with Crippen LogP contribution in [0.2, 0.25) is 0 Å². The lowest BCUT2D eigenvalue weighted by atomic mass is 10.1. The molecule has 0 saturated heterocycles. The Morgan fingerprint density at radius 3 is 2.78 bits per heavy atom. The van der Waals surface area contributed by atoms with Crippen LogP contribution in [0.15, 0.2) is 53.9 Å². The van der Waals surface area contributed by atoms with Crippen LogP contribution in [-0.4, -0.2) is 46.7 Å². The van der Waals surface area contributed by atoms with Crippen LogP contribution in [0, 0.1) is 0 Å². The first kappa shape index (κ1) is 23.5. The van der Waals surface area contributed by atoms with Gasteiger partial charge in [-0.15, -0.1) is 10.2 Å². The molecular formula is C22H24F2N4O3S. The Morgan fingerprint density at radius 2 is 2.03 bits per heavy atom. The number of para-hydroxylation sites is 1. The van der Waals surface area contributed by atoms with Gasteiger partial charge in [-0.1, -0.05) is 43.0 Å². The molecule has 1 aromatic heterocycles. The van der Waals surface area contributed by atoms with Crippen molar-refractivity contribution in [1.82, 2.24) is 20.1 Å². The lowest BCUT2D eigenvalue weighted by Gasteiger charge is -2.12. The Hall–Kier alpha value is -3.14. The van der Waals surface area contributed by atoms with Crippen LogP contribution in [0.3, 0.4) is 0 Å². The number of methoxy groups -OCH3 is 1. The van der Waals surface area contributed by atoms with E-state index in [4.69, 9.17) is 4.74 Å². The summed E-state index contributed by atoms with van der Waals surface area (Å²) in [6.45, 7) is -0.450. The minimum Gasteiger partial charge on any atom is -0.493 e. The zero-order valence-corrected chi connectivity index (χ0v) is 18.6. The second-order valence-electron chi connectivity index (χ2n) is 6.72. The normalized spacial score (nSPS) is 10.9. The van der Waals surface area contributed by atoms with Crippen LogP contribution in [0.25, 0.3) is 5.69 Å². The molecule has 3 aromatic rings. The number of benzene rings is 2. The number of rotatable bonds is 11. The van der Waals surface area contributed by atoms with Crippen LogP contribution >= 0.6 is 11.8 Å². The topological polar surface area (TPSA) is 78.3 Å². The van der Waals surface area contributed by atoms with Crippen LogP contribution in [0.4, 0.5) is 8.78 Å². The van der Waals surface area contributed by atoms with E-state index in [9.17, 15) is 13.6 Å². The van der Waals surface area contributed by atoms with E-state index in [-0.39, 0.29) is 23.2 Å². The van der Waals surface area contributed by atoms with E-state index < -0.39 is 6.61 Å². The molecule has 0 spiro atoms. The first-order valence-electron chi connectivity index (χ1n) is 10.0. The van der Waals surface area contributed by atoms with Gasteiger partial charge in [-0.05, 0) is 42.2 Å². The third-order valence-electron chi connectivity index (χ3n) is 4.66. The summed E-state index contributed by atoms with van der Waals surface area (Å²) in [6.07, 6.45) is 3.03. The number of ether oxygens (including phenoxy) is 2. The maximum absolute atomic E-state index is 12.4. The molecule has 0 radical (unpaired) electrons. The van der Waals surface area contributed by atoms with Crippen molar-refractivity contribution in [3.63, 3.8) is 0 Å². The highest BCUT2D eigenvalue weighted by Gasteiger charge is 2.13. The summed E-state index contributed by atoms with van der Waals surface area (Å²) >= 11 is 1.31. The number of halogens is 2. The van der Waals surface area contributed by atoms with Crippen molar-refractivity contribution < 1.29 is 23.0 Å². The first-order chi connectivity index (χ1) is 15.5. The van der Waals surface area contributed by atoms with Crippen molar-refractivity contribution in [2.75, 3.05) is 19.4 Å². The Balaban J connectivity index is 1.51. The van der Waals surface area contributed by atoms with Crippen molar-refractivity contribution in [2.45, 2.75) is 31.5 Å². The molecule has 0 atom stereocenters. The quantitative estimate of drug-likeness (QED) is 0.436. The third kappa shape index (κ3) is 6.19. The smallest absolute Gasteiger partial charge is 0.387 e. The molecule has 170 valence electrons. The van der Waals surface area contributed by atoms with Crippen LogP contribution in [-0.2, 0) is 17.6 Å². The summed E-state index contributed by atoms with van der Waals surface area (Å²) in [7, 11) is 1.38. The predicted octanol–water partition coefficient (Wildman–Crippen LogP) is 3.89. The molecule has 0 saturated carbocycles. The number of hydrogen-bond acceptors (Lipinski definition) is 6. The lowest BCUT2D eigenvalue weighted by molar-refractivity contribution is -0.118. The zero-order valence-electron chi connectivity index (χ0n) is 17.8. The van der Waals surface area contributed by atoms with Crippen molar-refractivity contribution in [2.24, 2.45) is 0 Å². The van der Waals surface area contributed by atoms with E-state index in [0.717, 1.165) is 17.7 Å². The monoisotopic (exact) mass is 462 g/mol. The fraction of sp³-hybridized carbons (Fsp3) is 0.318. The second kappa shape index (κ2) is 11.5. The number of carbonyl (C=O) groups is 1. The Kier molecular flexibility index (Phi) is 8.43. The highest BCUT2D eigenvalue weighted by molar-refractivity contribution is 7.99. The molecule has 0 aliphatic carbocycles. The molecule has 0 unspecified atom stereocenters. The number of aryl methyl sites for hydroxylation is 1. The van der Waals surface area contributed by atoms with E-state index >= 15 is 0 Å². The highest BCUT2D eigenvalue weighted by Crippen LogP contribution is 2.29. The summed E-state index contributed by atoms with van der Waals surface area (Å²) in [4.78, 5) is 12.3. The van der Waals surface area contributed by atoms with Gasteiger partial charge in [0.1, 0.15) is 6.33 Å². The number of alkyl halides is 2. The standard InChI is InChI=1S/C22H24F2N4O3S/c1-3-16-6-4-5-7-17(16)28-14-26-27-22(28)32-13-20(29)25-11-10-15-8-9-18(31-21(23)24)19(12-15)30-2/h4-9,12,14,21H,3,10-11,13H2,1-2H3,(H,25,29). The van der Waals surface area contributed by atoms with E-state index in [1.54, 1.807) is 18.5 Å². The predicted molar refractivity (Wildman–Crippen MR) is 118 cm³/mol. The Morgan fingerprint density at radius 1 is 1.22 bits per heavy atom. The van der Waals surface area contributed by atoms with Gasteiger partial charge in [0.15, 0.2) is 16.7 Å². The molecule has 3 rings (SSSR count). The van der Waals surface area contributed by atoms with Crippen molar-refractivity contribution in [3.05, 3.63) is 59.9 Å². The van der Waals surface area contributed by atoms with E-state index in [1.165, 1.54) is 30.5 Å². The Bertz CT molecular complexity index is 1050. The number of aromatic nitrogens is 3. The van der Waals surface area contributed by atoms with Crippen LogP contribution < -0.4 is 14.8 Å². The SMILES string of the molecule is CCc1ccccc1-n1cnnc1SCC(=O)NCCc1ccc(OC(F)F)c(OC)c1. The van der Waals surface area contributed by atoms with Crippen molar-refractivity contribution in [1.29, 1.82) is 0 Å². The van der Waals surface area contributed by atoms with E-state index in [1.807, 2.05) is 22.8 Å². The molecule has 1 amide bonds. The number of nitrogens with zero attached hydrogens (tertiary/aromatic N) is 3. The summed E-state index contributed by atoms with van der Waals surface area (Å²) in [5, 5.41) is 11.6. The number of thioether (sulfide) groups is 1. The van der Waals surface area contributed by atoms with Gasteiger partial charge in [0.25, 0.3) is 0 Å². The number of amides is 1.